The maximum Gasteiger partial charge on any atom is 0.0225 e. The van der Waals surface area contributed by atoms with Crippen LogP contribution in [0.15, 0.2) is 0 Å². The van der Waals surface area contributed by atoms with Gasteiger partial charge >= 0.3 is 0 Å². The molecular formula is C12H26N2S. The molecule has 1 aliphatic heterocycles. The fraction of sp³-hybridized carbons (Fsp3) is 1.00. The van der Waals surface area contributed by atoms with E-state index in [1.165, 1.54) is 25.8 Å². The normalized spacial score (nSPS) is 24.4. The third-order valence-corrected chi connectivity index (χ3v) is 4.48. The minimum Gasteiger partial charge on any atom is -0.314 e. The van der Waals surface area contributed by atoms with Crippen molar-refractivity contribution in [2.75, 3.05) is 19.3 Å². The summed E-state index contributed by atoms with van der Waals surface area (Å²) < 4.78 is 0.358. The Kier molecular flexibility index (Phi) is 5.44. The van der Waals surface area contributed by atoms with Crippen molar-refractivity contribution in [2.24, 2.45) is 0 Å². The van der Waals surface area contributed by atoms with Crippen molar-refractivity contribution < 1.29 is 0 Å². The number of hydrogen-bond donors (Lipinski definition) is 2. The summed E-state index contributed by atoms with van der Waals surface area (Å²) in [7, 11) is 0. The Morgan fingerprint density at radius 2 is 2.27 bits per heavy atom. The molecule has 1 saturated heterocycles. The highest BCUT2D eigenvalue weighted by Crippen LogP contribution is 2.20. The summed E-state index contributed by atoms with van der Waals surface area (Å²) in [6.45, 7) is 9.21. The van der Waals surface area contributed by atoms with Crippen molar-refractivity contribution in [1.82, 2.24) is 10.6 Å². The van der Waals surface area contributed by atoms with Crippen molar-refractivity contribution in [1.29, 1.82) is 0 Å². The van der Waals surface area contributed by atoms with Gasteiger partial charge in [0.1, 0.15) is 0 Å². The van der Waals surface area contributed by atoms with E-state index in [0.29, 0.717) is 10.8 Å². The first kappa shape index (κ1) is 13.3. The fourth-order valence-corrected chi connectivity index (χ4v) is 2.19. The molecule has 1 fully saturated rings. The van der Waals surface area contributed by atoms with Gasteiger partial charge in [-0.25, -0.2) is 0 Å². The van der Waals surface area contributed by atoms with Gasteiger partial charge < -0.3 is 10.6 Å². The second-order valence-corrected chi connectivity index (χ2v) is 6.79. The van der Waals surface area contributed by atoms with Crippen LogP contribution in [0.25, 0.3) is 0 Å². The van der Waals surface area contributed by atoms with Gasteiger partial charge in [-0.1, -0.05) is 0 Å². The molecule has 2 unspecified atom stereocenters. The highest BCUT2D eigenvalue weighted by molar-refractivity contribution is 7.99. The zero-order valence-electron chi connectivity index (χ0n) is 10.6. The van der Waals surface area contributed by atoms with E-state index in [4.69, 9.17) is 0 Å². The number of nitrogens with one attached hydrogen (secondary N) is 2. The lowest BCUT2D eigenvalue weighted by molar-refractivity contribution is 0.427. The van der Waals surface area contributed by atoms with Crippen LogP contribution in [0.3, 0.4) is 0 Å². The van der Waals surface area contributed by atoms with E-state index in [9.17, 15) is 0 Å². The molecule has 0 aromatic rings. The third-order valence-electron chi connectivity index (χ3n) is 3.23. The minimum atomic E-state index is 0.358. The molecule has 1 aliphatic rings. The average Bonchev–Trinajstić information content (AvgIpc) is 2.68. The van der Waals surface area contributed by atoms with Gasteiger partial charge in [0.25, 0.3) is 0 Å². The molecule has 0 spiro atoms. The highest BCUT2D eigenvalue weighted by Gasteiger charge is 2.20. The Morgan fingerprint density at radius 1 is 1.53 bits per heavy atom. The van der Waals surface area contributed by atoms with Crippen LogP contribution in [0.2, 0.25) is 0 Å². The van der Waals surface area contributed by atoms with E-state index in [-0.39, 0.29) is 0 Å². The Hall–Kier alpha value is 0.270. The summed E-state index contributed by atoms with van der Waals surface area (Å²) in [5, 5.41) is 7.19. The van der Waals surface area contributed by atoms with E-state index in [1.807, 2.05) is 11.8 Å². The van der Waals surface area contributed by atoms with Gasteiger partial charge in [0, 0.05) is 23.4 Å². The van der Waals surface area contributed by atoms with Crippen LogP contribution in [0.1, 0.15) is 40.0 Å². The lowest BCUT2D eigenvalue weighted by Crippen LogP contribution is -2.40. The molecular weight excluding hydrogens is 204 g/mol. The van der Waals surface area contributed by atoms with Crippen LogP contribution < -0.4 is 10.6 Å². The molecule has 1 rings (SSSR count). The first-order valence-corrected chi connectivity index (χ1v) is 7.28. The van der Waals surface area contributed by atoms with E-state index in [1.54, 1.807) is 0 Å². The first-order valence-electron chi connectivity index (χ1n) is 6.05. The SMILES string of the molecule is CSC(C)(C)CNC(C)CC1CCCN1. The third kappa shape index (κ3) is 5.23. The fourth-order valence-electron chi connectivity index (χ4n) is 1.96. The zero-order valence-corrected chi connectivity index (χ0v) is 11.4. The summed E-state index contributed by atoms with van der Waals surface area (Å²) in [5.41, 5.74) is 0. The Labute approximate surface area is 99.0 Å². The van der Waals surface area contributed by atoms with Gasteiger partial charge in [-0.2, -0.15) is 11.8 Å². The lowest BCUT2D eigenvalue weighted by atomic mass is 10.1. The molecule has 15 heavy (non-hydrogen) atoms. The molecule has 0 amide bonds. The van der Waals surface area contributed by atoms with Crippen LogP contribution >= 0.6 is 11.8 Å². The number of rotatable bonds is 6. The van der Waals surface area contributed by atoms with Crippen LogP contribution in [-0.2, 0) is 0 Å². The van der Waals surface area contributed by atoms with Crippen LogP contribution in [0.5, 0.6) is 0 Å². The number of hydrogen-bond acceptors (Lipinski definition) is 3. The molecule has 2 atom stereocenters. The lowest BCUT2D eigenvalue weighted by Gasteiger charge is -2.26. The predicted molar refractivity (Wildman–Crippen MR) is 70.7 cm³/mol. The molecule has 1 heterocycles. The zero-order chi connectivity index (χ0) is 11.3. The van der Waals surface area contributed by atoms with Gasteiger partial charge in [-0.3, -0.25) is 0 Å². The molecule has 0 saturated carbocycles. The van der Waals surface area contributed by atoms with E-state index in [2.05, 4.69) is 37.7 Å². The highest BCUT2D eigenvalue weighted by atomic mass is 32.2. The topological polar surface area (TPSA) is 24.1 Å². The Balaban J connectivity index is 2.15. The van der Waals surface area contributed by atoms with E-state index >= 15 is 0 Å². The van der Waals surface area contributed by atoms with Crippen LogP contribution in [0.4, 0.5) is 0 Å². The van der Waals surface area contributed by atoms with Crippen molar-refractivity contribution >= 4 is 11.8 Å². The van der Waals surface area contributed by atoms with Crippen LogP contribution in [-0.4, -0.2) is 36.2 Å². The second-order valence-electron chi connectivity index (χ2n) is 5.27. The molecule has 2 nitrogen and oxygen atoms in total. The van der Waals surface area contributed by atoms with Crippen molar-refractivity contribution in [2.45, 2.75) is 56.9 Å². The Morgan fingerprint density at radius 3 is 2.80 bits per heavy atom. The quantitative estimate of drug-likeness (QED) is 0.732. The molecule has 90 valence electrons. The largest absolute Gasteiger partial charge is 0.314 e. The number of thioether (sulfide) groups is 1. The average molecular weight is 230 g/mol. The Bertz CT molecular complexity index is 176. The monoisotopic (exact) mass is 230 g/mol. The van der Waals surface area contributed by atoms with Crippen LogP contribution in [0, 0.1) is 0 Å². The summed E-state index contributed by atoms with van der Waals surface area (Å²) in [6.07, 6.45) is 6.17. The van der Waals surface area contributed by atoms with Crippen molar-refractivity contribution in [3.63, 3.8) is 0 Å². The molecule has 3 heteroatoms. The molecule has 0 aliphatic carbocycles. The summed E-state index contributed by atoms with van der Waals surface area (Å²) in [6, 6.07) is 1.39. The molecule has 0 radical (unpaired) electrons. The van der Waals surface area contributed by atoms with Gasteiger partial charge in [0.2, 0.25) is 0 Å². The molecule has 0 aromatic heterocycles. The molecule has 0 aromatic carbocycles. The standard InChI is InChI=1S/C12H26N2S/c1-10(8-11-6-5-7-13-11)14-9-12(2,3)15-4/h10-11,13-14H,5-9H2,1-4H3. The van der Waals surface area contributed by atoms with Gasteiger partial charge in [-0.15, -0.1) is 0 Å². The second kappa shape index (κ2) is 6.12. The smallest absolute Gasteiger partial charge is 0.0225 e. The van der Waals surface area contributed by atoms with E-state index < -0.39 is 0 Å². The minimum absolute atomic E-state index is 0.358. The molecule has 2 N–H and O–H groups in total. The summed E-state index contributed by atoms with van der Waals surface area (Å²) in [4.78, 5) is 0. The van der Waals surface area contributed by atoms with Gasteiger partial charge in [0.05, 0.1) is 0 Å². The van der Waals surface area contributed by atoms with Gasteiger partial charge in [-0.05, 0) is 52.8 Å². The molecule has 0 bridgehead atoms. The first-order chi connectivity index (χ1) is 7.03. The summed E-state index contributed by atoms with van der Waals surface area (Å²) >= 11 is 1.93. The van der Waals surface area contributed by atoms with Gasteiger partial charge in [0.15, 0.2) is 0 Å². The predicted octanol–water partition coefficient (Wildman–Crippen LogP) is 2.25. The van der Waals surface area contributed by atoms with E-state index in [0.717, 1.165) is 12.6 Å². The maximum absolute atomic E-state index is 3.64. The summed E-state index contributed by atoms with van der Waals surface area (Å²) in [5.74, 6) is 0. The van der Waals surface area contributed by atoms with Crippen molar-refractivity contribution in [3.8, 4) is 0 Å². The van der Waals surface area contributed by atoms with Crippen molar-refractivity contribution in [3.05, 3.63) is 0 Å². The maximum atomic E-state index is 3.64.